The van der Waals surface area contributed by atoms with Gasteiger partial charge in [-0.05, 0) is 48.2 Å². The Balaban J connectivity index is 1.45. The van der Waals surface area contributed by atoms with Gasteiger partial charge in [-0.2, -0.15) is 5.10 Å². The van der Waals surface area contributed by atoms with Gasteiger partial charge in [0.25, 0.3) is 0 Å². The highest BCUT2D eigenvalue weighted by molar-refractivity contribution is 5.89. The molecule has 2 aromatic heterocycles. The molecule has 0 bridgehead atoms. The number of carbonyl (C=O) groups is 1. The zero-order valence-corrected chi connectivity index (χ0v) is 16.3. The van der Waals surface area contributed by atoms with Gasteiger partial charge >= 0.3 is 6.03 Å². The van der Waals surface area contributed by atoms with Crippen LogP contribution in [0.4, 0.5) is 10.5 Å². The summed E-state index contributed by atoms with van der Waals surface area (Å²) in [6.45, 7) is 2.48. The molecule has 1 aliphatic rings. The van der Waals surface area contributed by atoms with E-state index in [9.17, 15) is 4.79 Å². The number of benzene rings is 1. The van der Waals surface area contributed by atoms with Crippen molar-refractivity contribution in [3.63, 3.8) is 0 Å². The topological polar surface area (TPSA) is 72.3 Å². The molecule has 150 valence electrons. The van der Waals surface area contributed by atoms with Gasteiger partial charge in [0.15, 0.2) is 0 Å². The van der Waals surface area contributed by atoms with Crippen molar-refractivity contribution in [1.29, 1.82) is 0 Å². The van der Waals surface area contributed by atoms with Crippen LogP contribution in [-0.2, 0) is 17.8 Å². The van der Waals surface area contributed by atoms with Crippen molar-refractivity contribution in [2.75, 3.05) is 18.5 Å². The molecule has 0 spiro atoms. The predicted octanol–water partition coefficient (Wildman–Crippen LogP) is 3.54. The molecule has 7 nitrogen and oxygen atoms in total. The van der Waals surface area contributed by atoms with Crippen molar-refractivity contribution in [2.45, 2.75) is 32.0 Å². The summed E-state index contributed by atoms with van der Waals surface area (Å²) in [6, 6.07) is 13.5. The summed E-state index contributed by atoms with van der Waals surface area (Å²) in [5.74, 6) is 0. The molecule has 1 N–H and O–H groups in total. The van der Waals surface area contributed by atoms with E-state index in [4.69, 9.17) is 4.74 Å². The summed E-state index contributed by atoms with van der Waals surface area (Å²) < 4.78 is 7.61. The Morgan fingerprint density at radius 1 is 1.21 bits per heavy atom. The first kappa shape index (κ1) is 19.1. The molecule has 0 radical (unpaired) electrons. The van der Waals surface area contributed by atoms with E-state index in [1.165, 1.54) is 0 Å². The minimum Gasteiger partial charge on any atom is -0.376 e. The summed E-state index contributed by atoms with van der Waals surface area (Å²) in [5, 5.41) is 7.27. The number of nitrogens with one attached hydrogen (secondary N) is 1. The molecular formula is C22H25N5O2. The van der Waals surface area contributed by atoms with E-state index in [-0.39, 0.29) is 12.1 Å². The zero-order chi connectivity index (χ0) is 19.9. The normalized spacial score (nSPS) is 15.9. The van der Waals surface area contributed by atoms with Crippen LogP contribution in [0.5, 0.6) is 0 Å². The molecular weight excluding hydrogens is 366 g/mol. The smallest absolute Gasteiger partial charge is 0.322 e. The Morgan fingerprint density at radius 2 is 2.14 bits per heavy atom. The molecule has 0 saturated carbocycles. The number of anilines is 1. The lowest BCUT2D eigenvalue weighted by Gasteiger charge is -2.26. The van der Waals surface area contributed by atoms with Crippen LogP contribution in [0.1, 0.15) is 24.0 Å². The number of aromatic nitrogens is 3. The van der Waals surface area contributed by atoms with E-state index in [1.54, 1.807) is 23.5 Å². The highest BCUT2D eigenvalue weighted by Gasteiger charge is 2.23. The number of amides is 2. The number of pyridine rings is 1. The minimum absolute atomic E-state index is 0.0866. The van der Waals surface area contributed by atoms with Gasteiger partial charge in [-0.3, -0.25) is 9.67 Å². The molecule has 3 aromatic rings. The van der Waals surface area contributed by atoms with Gasteiger partial charge in [-0.15, -0.1) is 0 Å². The molecule has 1 aliphatic heterocycles. The van der Waals surface area contributed by atoms with Crippen LogP contribution in [-0.4, -0.2) is 45.0 Å². The van der Waals surface area contributed by atoms with Gasteiger partial charge in [-0.25, -0.2) is 4.79 Å². The summed E-state index contributed by atoms with van der Waals surface area (Å²) >= 11 is 0. The Hall–Kier alpha value is -3.19. The first-order chi connectivity index (χ1) is 14.3. The largest absolute Gasteiger partial charge is 0.376 e. The van der Waals surface area contributed by atoms with Gasteiger partial charge in [0, 0.05) is 50.2 Å². The monoisotopic (exact) mass is 391 g/mol. The van der Waals surface area contributed by atoms with Crippen LogP contribution in [0, 0.1) is 0 Å². The second kappa shape index (κ2) is 9.34. The van der Waals surface area contributed by atoms with Crippen LogP contribution in [0.15, 0.2) is 67.3 Å². The molecule has 29 heavy (non-hydrogen) atoms. The molecule has 7 heteroatoms. The lowest BCUT2D eigenvalue weighted by Crippen LogP contribution is -2.39. The van der Waals surface area contributed by atoms with E-state index in [1.807, 2.05) is 53.3 Å². The van der Waals surface area contributed by atoms with E-state index in [0.29, 0.717) is 19.6 Å². The van der Waals surface area contributed by atoms with Crippen LogP contribution in [0.2, 0.25) is 0 Å². The maximum atomic E-state index is 13.1. The van der Waals surface area contributed by atoms with Gasteiger partial charge in [0.05, 0.1) is 12.6 Å². The Morgan fingerprint density at radius 3 is 2.90 bits per heavy atom. The Bertz CT molecular complexity index is 908. The van der Waals surface area contributed by atoms with E-state index in [2.05, 4.69) is 15.4 Å². The molecule has 3 heterocycles. The number of urea groups is 1. The Labute approximate surface area is 170 Å². The molecule has 1 fully saturated rings. The third-order valence-corrected chi connectivity index (χ3v) is 4.91. The van der Waals surface area contributed by atoms with Gasteiger partial charge in [0.1, 0.15) is 0 Å². The Kier molecular flexibility index (Phi) is 6.16. The second-order valence-electron chi connectivity index (χ2n) is 7.21. The number of hydrogen-bond acceptors (Lipinski definition) is 4. The average Bonchev–Trinajstić information content (AvgIpc) is 3.43. The van der Waals surface area contributed by atoms with Crippen molar-refractivity contribution in [3.05, 3.63) is 78.4 Å². The van der Waals surface area contributed by atoms with Gasteiger partial charge in [0.2, 0.25) is 0 Å². The van der Waals surface area contributed by atoms with Gasteiger partial charge < -0.3 is 15.0 Å². The quantitative estimate of drug-likeness (QED) is 0.669. The van der Waals surface area contributed by atoms with Crippen molar-refractivity contribution in [3.8, 4) is 0 Å². The fourth-order valence-corrected chi connectivity index (χ4v) is 3.50. The maximum Gasteiger partial charge on any atom is 0.322 e. The highest BCUT2D eigenvalue weighted by Crippen LogP contribution is 2.17. The molecule has 0 unspecified atom stereocenters. The third-order valence-electron chi connectivity index (χ3n) is 4.91. The number of carbonyl (C=O) groups excluding carboxylic acids is 1. The summed E-state index contributed by atoms with van der Waals surface area (Å²) in [4.78, 5) is 19.0. The van der Waals surface area contributed by atoms with E-state index in [0.717, 1.165) is 36.3 Å². The molecule has 1 saturated heterocycles. The first-order valence-corrected chi connectivity index (χ1v) is 9.89. The van der Waals surface area contributed by atoms with Crippen LogP contribution >= 0.6 is 0 Å². The summed E-state index contributed by atoms with van der Waals surface area (Å²) in [6.07, 6.45) is 9.32. The van der Waals surface area contributed by atoms with Crippen LogP contribution in [0.25, 0.3) is 0 Å². The SMILES string of the molecule is O=C(Nc1cccc(Cn2cccn2)c1)N(Cc1cccnc1)C[C@@H]1CCCO1. The molecule has 1 atom stereocenters. The number of nitrogens with zero attached hydrogens (tertiary/aromatic N) is 4. The number of hydrogen-bond donors (Lipinski definition) is 1. The molecule has 1 aromatic carbocycles. The molecule has 4 rings (SSSR count). The van der Waals surface area contributed by atoms with Crippen molar-refractivity contribution in [1.82, 2.24) is 19.7 Å². The molecule has 0 aliphatic carbocycles. The number of rotatable bonds is 7. The fraction of sp³-hybridized carbons (Fsp3) is 0.318. The summed E-state index contributed by atoms with van der Waals surface area (Å²) in [7, 11) is 0. The standard InChI is InChI=1S/C22H25N5O2/c28-22(25-20-7-1-5-18(13-20)16-27-11-4-10-24-27)26(17-21-8-3-12-29-21)15-19-6-2-9-23-14-19/h1-2,4-7,9-11,13-14,21H,3,8,12,15-17H2,(H,25,28)/t21-/m0/s1. The average molecular weight is 391 g/mol. The highest BCUT2D eigenvalue weighted by atomic mass is 16.5. The zero-order valence-electron chi connectivity index (χ0n) is 16.3. The van der Waals surface area contributed by atoms with Crippen molar-refractivity contribution < 1.29 is 9.53 Å². The van der Waals surface area contributed by atoms with Crippen LogP contribution < -0.4 is 5.32 Å². The first-order valence-electron chi connectivity index (χ1n) is 9.89. The molecule has 2 amide bonds. The number of ether oxygens (including phenoxy) is 1. The van der Waals surface area contributed by atoms with Crippen molar-refractivity contribution in [2.24, 2.45) is 0 Å². The second-order valence-corrected chi connectivity index (χ2v) is 7.21. The van der Waals surface area contributed by atoms with Gasteiger partial charge in [-0.1, -0.05) is 18.2 Å². The predicted molar refractivity (Wildman–Crippen MR) is 110 cm³/mol. The minimum atomic E-state index is -0.138. The summed E-state index contributed by atoms with van der Waals surface area (Å²) in [5.41, 5.74) is 2.83. The lowest BCUT2D eigenvalue weighted by molar-refractivity contribution is 0.0819. The fourth-order valence-electron chi connectivity index (χ4n) is 3.50. The van der Waals surface area contributed by atoms with E-state index >= 15 is 0 Å². The van der Waals surface area contributed by atoms with Crippen LogP contribution in [0.3, 0.4) is 0 Å². The van der Waals surface area contributed by atoms with E-state index < -0.39 is 0 Å². The lowest BCUT2D eigenvalue weighted by atomic mass is 10.2. The maximum absolute atomic E-state index is 13.1. The van der Waals surface area contributed by atoms with Crippen molar-refractivity contribution >= 4 is 11.7 Å². The third kappa shape index (κ3) is 5.42.